The number of hydrogen-bond acceptors (Lipinski definition) is 0. The zero-order valence-corrected chi connectivity index (χ0v) is 15.3. The molecule has 0 bridgehead atoms. The molecule has 1 fully saturated rings. The van der Waals surface area contributed by atoms with Gasteiger partial charge in [-0.15, -0.1) is 0 Å². The largest absolute Gasteiger partial charge is 0.206 e. The molecule has 0 atom stereocenters. The van der Waals surface area contributed by atoms with Crippen LogP contribution in [0.1, 0.15) is 82.3 Å². The highest BCUT2D eigenvalue weighted by Gasteiger charge is 2.22. The third kappa shape index (κ3) is 3.82. The molecule has 0 heterocycles. The third-order valence-corrected chi connectivity index (χ3v) is 5.97. The zero-order chi connectivity index (χ0) is 16.9. The van der Waals surface area contributed by atoms with Crippen molar-refractivity contribution in [2.45, 2.75) is 77.6 Å². The topological polar surface area (TPSA) is 0 Å². The molecule has 0 aliphatic heterocycles. The van der Waals surface area contributed by atoms with E-state index in [2.05, 4.69) is 25.1 Å². The van der Waals surface area contributed by atoms with E-state index in [-0.39, 0.29) is 5.82 Å². The van der Waals surface area contributed by atoms with Crippen molar-refractivity contribution in [1.82, 2.24) is 0 Å². The summed E-state index contributed by atoms with van der Waals surface area (Å²) in [5.41, 5.74) is 2.24. The van der Waals surface area contributed by atoms with Crippen LogP contribution in [0.2, 0.25) is 0 Å². The molecular weight excluding hydrogens is 295 g/mol. The number of aryl methyl sites for hydroxylation is 1. The highest BCUT2D eigenvalue weighted by Crippen LogP contribution is 2.38. The highest BCUT2D eigenvalue weighted by molar-refractivity contribution is 5.84. The molecule has 0 aromatic heterocycles. The molecule has 130 valence electrons. The van der Waals surface area contributed by atoms with Crippen LogP contribution in [0.15, 0.2) is 30.3 Å². The lowest BCUT2D eigenvalue weighted by molar-refractivity contribution is 0.303. The third-order valence-electron chi connectivity index (χ3n) is 5.97. The van der Waals surface area contributed by atoms with Crippen LogP contribution in [0.5, 0.6) is 0 Å². The number of rotatable bonds is 6. The summed E-state index contributed by atoms with van der Waals surface area (Å²) < 4.78 is 14.4. The van der Waals surface area contributed by atoms with E-state index in [1.807, 2.05) is 19.1 Å². The summed E-state index contributed by atoms with van der Waals surface area (Å²) in [6, 6.07) is 10.5. The minimum Gasteiger partial charge on any atom is -0.206 e. The van der Waals surface area contributed by atoms with Crippen molar-refractivity contribution >= 4 is 10.8 Å². The van der Waals surface area contributed by atoms with Gasteiger partial charge in [0.15, 0.2) is 0 Å². The van der Waals surface area contributed by atoms with Crippen molar-refractivity contribution in [2.24, 2.45) is 5.92 Å². The van der Waals surface area contributed by atoms with E-state index in [1.54, 1.807) is 0 Å². The van der Waals surface area contributed by atoms with Gasteiger partial charge in [0.25, 0.3) is 0 Å². The first-order valence-corrected chi connectivity index (χ1v) is 9.94. The number of benzene rings is 2. The van der Waals surface area contributed by atoms with Gasteiger partial charge in [-0.05, 0) is 60.5 Å². The number of hydrogen-bond donors (Lipinski definition) is 0. The standard InChI is InChI=1S/C23H31F/c1-3-5-6-7-17-8-10-19(11-9-17)20-14-15-22-21(16-20)13-12-18(4-2)23(22)24/h12-17,19H,3-11H2,1-2H3. The summed E-state index contributed by atoms with van der Waals surface area (Å²) >= 11 is 0. The van der Waals surface area contributed by atoms with Gasteiger partial charge in [-0.3, -0.25) is 0 Å². The second-order valence-electron chi connectivity index (χ2n) is 7.59. The fraction of sp³-hybridized carbons (Fsp3) is 0.565. The van der Waals surface area contributed by atoms with Crippen LogP contribution in [0, 0.1) is 11.7 Å². The Kier molecular flexibility index (Phi) is 5.92. The van der Waals surface area contributed by atoms with Gasteiger partial charge >= 0.3 is 0 Å². The fourth-order valence-corrected chi connectivity index (χ4v) is 4.35. The molecule has 1 saturated carbocycles. The molecule has 0 amide bonds. The quantitative estimate of drug-likeness (QED) is 0.485. The van der Waals surface area contributed by atoms with Crippen molar-refractivity contribution in [1.29, 1.82) is 0 Å². The molecule has 0 unspecified atom stereocenters. The molecule has 2 aromatic rings. The molecule has 3 rings (SSSR count). The Balaban J connectivity index is 1.68. The van der Waals surface area contributed by atoms with Gasteiger partial charge in [-0.25, -0.2) is 4.39 Å². The first kappa shape index (κ1) is 17.5. The van der Waals surface area contributed by atoms with Crippen molar-refractivity contribution in [3.8, 4) is 0 Å². The van der Waals surface area contributed by atoms with E-state index >= 15 is 0 Å². The van der Waals surface area contributed by atoms with Crippen molar-refractivity contribution in [3.05, 3.63) is 47.3 Å². The lowest BCUT2D eigenvalue weighted by Crippen LogP contribution is -2.13. The maximum Gasteiger partial charge on any atom is 0.134 e. The Hall–Kier alpha value is -1.37. The molecule has 0 radical (unpaired) electrons. The monoisotopic (exact) mass is 326 g/mol. The molecule has 0 nitrogen and oxygen atoms in total. The molecule has 1 aliphatic carbocycles. The van der Waals surface area contributed by atoms with E-state index in [0.717, 1.165) is 28.7 Å². The van der Waals surface area contributed by atoms with Crippen LogP contribution in [-0.2, 0) is 6.42 Å². The number of halogens is 1. The summed E-state index contributed by atoms with van der Waals surface area (Å²) in [6.07, 6.45) is 11.6. The SMILES string of the molecule is CCCCCC1CCC(c2ccc3c(F)c(CC)ccc3c2)CC1. The van der Waals surface area contributed by atoms with E-state index in [0.29, 0.717) is 5.92 Å². The fourth-order valence-electron chi connectivity index (χ4n) is 4.35. The normalized spacial score (nSPS) is 21.3. The second-order valence-corrected chi connectivity index (χ2v) is 7.59. The summed E-state index contributed by atoms with van der Waals surface area (Å²) in [5, 5.41) is 1.85. The first-order valence-electron chi connectivity index (χ1n) is 9.94. The lowest BCUT2D eigenvalue weighted by atomic mass is 9.76. The smallest absolute Gasteiger partial charge is 0.134 e. The van der Waals surface area contributed by atoms with Gasteiger partial charge in [0, 0.05) is 5.39 Å². The summed E-state index contributed by atoms with van der Waals surface area (Å²) in [7, 11) is 0. The van der Waals surface area contributed by atoms with Crippen LogP contribution in [0.4, 0.5) is 4.39 Å². The average Bonchev–Trinajstić information content (AvgIpc) is 2.63. The maximum absolute atomic E-state index is 14.4. The molecule has 1 heteroatoms. The van der Waals surface area contributed by atoms with Crippen LogP contribution >= 0.6 is 0 Å². The van der Waals surface area contributed by atoms with Gasteiger partial charge in [0.2, 0.25) is 0 Å². The zero-order valence-electron chi connectivity index (χ0n) is 15.3. The van der Waals surface area contributed by atoms with Gasteiger partial charge in [-0.2, -0.15) is 0 Å². The predicted octanol–water partition coefficient (Wildman–Crippen LogP) is 7.40. The van der Waals surface area contributed by atoms with Gasteiger partial charge in [-0.1, -0.05) is 69.9 Å². The van der Waals surface area contributed by atoms with Crippen LogP contribution in [0.3, 0.4) is 0 Å². The molecule has 0 spiro atoms. The first-order chi connectivity index (χ1) is 11.7. The molecular formula is C23H31F. The van der Waals surface area contributed by atoms with Crippen LogP contribution < -0.4 is 0 Å². The minimum absolute atomic E-state index is 0.0267. The Morgan fingerprint density at radius 1 is 0.958 bits per heavy atom. The molecule has 0 saturated heterocycles. The Morgan fingerprint density at radius 2 is 1.75 bits per heavy atom. The maximum atomic E-state index is 14.4. The highest BCUT2D eigenvalue weighted by atomic mass is 19.1. The number of fused-ring (bicyclic) bond motifs is 1. The van der Waals surface area contributed by atoms with E-state index in [1.165, 1.54) is 56.9 Å². The number of unbranched alkanes of at least 4 members (excludes halogenated alkanes) is 2. The summed E-state index contributed by atoms with van der Waals surface area (Å²) in [5.74, 6) is 1.59. The molecule has 2 aromatic carbocycles. The Bertz CT molecular complexity index is 665. The summed E-state index contributed by atoms with van der Waals surface area (Å²) in [4.78, 5) is 0. The second kappa shape index (κ2) is 8.14. The van der Waals surface area contributed by atoms with E-state index in [4.69, 9.17) is 0 Å². The van der Waals surface area contributed by atoms with Crippen molar-refractivity contribution in [3.63, 3.8) is 0 Å². The summed E-state index contributed by atoms with van der Waals surface area (Å²) in [6.45, 7) is 4.29. The van der Waals surface area contributed by atoms with Gasteiger partial charge < -0.3 is 0 Å². The minimum atomic E-state index is -0.0267. The van der Waals surface area contributed by atoms with Crippen molar-refractivity contribution in [2.75, 3.05) is 0 Å². The molecule has 1 aliphatic rings. The van der Waals surface area contributed by atoms with Crippen molar-refractivity contribution < 1.29 is 4.39 Å². The average molecular weight is 326 g/mol. The molecule has 24 heavy (non-hydrogen) atoms. The van der Waals surface area contributed by atoms with Gasteiger partial charge in [0.1, 0.15) is 5.82 Å². The van der Waals surface area contributed by atoms with E-state index in [9.17, 15) is 4.39 Å². The predicted molar refractivity (Wildman–Crippen MR) is 102 cm³/mol. The van der Waals surface area contributed by atoms with Crippen LogP contribution in [-0.4, -0.2) is 0 Å². The van der Waals surface area contributed by atoms with Gasteiger partial charge in [0.05, 0.1) is 0 Å². The molecule has 0 N–H and O–H groups in total. The lowest BCUT2D eigenvalue weighted by Gasteiger charge is -2.29. The van der Waals surface area contributed by atoms with Crippen LogP contribution in [0.25, 0.3) is 10.8 Å². The Morgan fingerprint density at radius 3 is 2.46 bits per heavy atom. The Labute approximate surface area is 146 Å². The van der Waals surface area contributed by atoms with E-state index < -0.39 is 0 Å².